The summed E-state index contributed by atoms with van der Waals surface area (Å²) in [5.74, 6) is 0.0581. The Kier molecular flexibility index (Phi) is 5.34. The zero-order valence-corrected chi connectivity index (χ0v) is 7.92. The molecule has 0 aromatic carbocycles. The number of esters is 1. The lowest BCUT2D eigenvalue weighted by molar-refractivity contribution is -0.141. The molecule has 3 nitrogen and oxygen atoms in total. The number of carbonyl (C=O) groups is 2. The van der Waals surface area contributed by atoms with E-state index in [1.807, 2.05) is 13.8 Å². The third kappa shape index (κ3) is 4.88. The highest BCUT2D eigenvalue weighted by Crippen LogP contribution is 2.09. The van der Waals surface area contributed by atoms with Gasteiger partial charge in [0, 0.05) is 19.3 Å². The van der Waals surface area contributed by atoms with Gasteiger partial charge < -0.3 is 4.74 Å². The zero-order valence-electron chi connectivity index (χ0n) is 7.92. The van der Waals surface area contributed by atoms with E-state index in [-0.39, 0.29) is 17.7 Å². The first kappa shape index (κ1) is 11.1. The van der Waals surface area contributed by atoms with Crippen LogP contribution in [-0.4, -0.2) is 18.9 Å². The fourth-order valence-corrected chi connectivity index (χ4v) is 0.973. The highest BCUT2D eigenvalue weighted by atomic mass is 16.5. The van der Waals surface area contributed by atoms with Crippen LogP contribution in [0.3, 0.4) is 0 Å². The first-order valence-corrected chi connectivity index (χ1v) is 4.18. The van der Waals surface area contributed by atoms with Crippen LogP contribution >= 0.6 is 0 Å². The molecule has 0 saturated carbocycles. The van der Waals surface area contributed by atoms with E-state index in [1.54, 1.807) is 0 Å². The first-order chi connectivity index (χ1) is 5.60. The van der Waals surface area contributed by atoms with E-state index >= 15 is 0 Å². The van der Waals surface area contributed by atoms with Gasteiger partial charge >= 0.3 is 5.97 Å². The number of hydrogen-bond acceptors (Lipinski definition) is 3. The normalized spacial score (nSPS) is 12.2. The quantitative estimate of drug-likeness (QED) is 0.591. The van der Waals surface area contributed by atoms with Crippen molar-refractivity contribution >= 4 is 11.8 Å². The van der Waals surface area contributed by atoms with Crippen LogP contribution in [0.1, 0.15) is 33.1 Å². The van der Waals surface area contributed by atoms with E-state index in [9.17, 15) is 9.59 Å². The molecule has 0 amide bonds. The smallest absolute Gasteiger partial charge is 0.305 e. The number of carbonyl (C=O) groups excluding carboxylic acids is 2. The summed E-state index contributed by atoms with van der Waals surface area (Å²) in [7, 11) is 1.36. The second kappa shape index (κ2) is 5.75. The Bertz CT molecular complexity index is 145. The molecule has 0 fully saturated rings. The summed E-state index contributed by atoms with van der Waals surface area (Å²) in [6.07, 6.45) is 1.36. The Hall–Kier alpha value is -0.860. The molecule has 3 heteroatoms. The predicted molar refractivity (Wildman–Crippen MR) is 45.7 cm³/mol. The fourth-order valence-electron chi connectivity index (χ4n) is 0.973. The summed E-state index contributed by atoms with van der Waals surface area (Å²) >= 11 is 0. The Morgan fingerprint density at radius 1 is 1.33 bits per heavy atom. The maximum absolute atomic E-state index is 10.9. The van der Waals surface area contributed by atoms with Crippen molar-refractivity contribution in [3.05, 3.63) is 0 Å². The summed E-state index contributed by atoms with van der Waals surface area (Å²) in [6, 6.07) is 0. The second-order valence-corrected chi connectivity index (χ2v) is 2.98. The average molecular weight is 172 g/mol. The van der Waals surface area contributed by atoms with Gasteiger partial charge in [-0.3, -0.25) is 9.59 Å². The third-order valence-electron chi connectivity index (χ3n) is 1.71. The molecule has 1 unspecified atom stereocenters. The van der Waals surface area contributed by atoms with Gasteiger partial charge in [-0.05, 0) is 5.92 Å². The molecular weight excluding hydrogens is 156 g/mol. The third-order valence-corrected chi connectivity index (χ3v) is 1.71. The molecule has 0 spiro atoms. The topological polar surface area (TPSA) is 43.4 Å². The van der Waals surface area contributed by atoms with Crippen LogP contribution in [0, 0.1) is 5.92 Å². The minimum absolute atomic E-state index is 0.102. The summed E-state index contributed by atoms with van der Waals surface area (Å²) in [5, 5.41) is 0. The van der Waals surface area contributed by atoms with Crippen molar-refractivity contribution < 1.29 is 14.3 Å². The molecule has 0 aromatic heterocycles. The minimum atomic E-state index is -0.244. The fraction of sp³-hybridized carbons (Fsp3) is 0.778. The van der Waals surface area contributed by atoms with Crippen molar-refractivity contribution in [2.75, 3.05) is 7.11 Å². The monoisotopic (exact) mass is 172 g/mol. The number of ketones is 1. The van der Waals surface area contributed by atoms with Crippen molar-refractivity contribution in [1.29, 1.82) is 0 Å². The van der Waals surface area contributed by atoms with E-state index in [4.69, 9.17) is 0 Å². The van der Waals surface area contributed by atoms with Gasteiger partial charge in [-0.2, -0.15) is 0 Å². The van der Waals surface area contributed by atoms with Crippen LogP contribution < -0.4 is 0 Å². The van der Waals surface area contributed by atoms with Gasteiger partial charge in [-0.25, -0.2) is 0 Å². The summed E-state index contributed by atoms with van der Waals surface area (Å²) in [4.78, 5) is 21.7. The van der Waals surface area contributed by atoms with Crippen LogP contribution in [0.15, 0.2) is 0 Å². The molecule has 0 rings (SSSR count). The molecule has 0 bridgehead atoms. The largest absolute Gasteiger partial charge is 0.469 e. The second-order valence-electron chi connectivity index (χ2n) is 2.98. The van der Waals surface area contributed by atoms with Crippen LogP contribution in [-0.2, 0) is 14.3 Å². The van der Waals surface area contributed by atoms with Gasteiger partial charge in [0.15, 0.2) is 0 Å². The summed E-state index contributed by atoms with van der Waals surface area (Å²) in [5.41, 5.74) is 0. The maximum atomic E-state index is 10.9. The van der Waals surface area contributed by atoms with E-state index in [1.165, 1.54) is 7.11 Å². The number of ether oxygens (including phenoxy) is 1. The van der Waals surface area contributed by atoms with Crippen molar-refractivity contribution in [2.24, 2.45) is 5.92 Å². The highest BCUT2D eigenvalue weighted by Gasteiger charge is 2.11. The van der Waals surface area contributed by atoms with E-state index in [0.29, 0.717) is 19.3 Å². The van der Waals surface area contributed by atoms with Gasteiger partial charge in [0.1, 0.15) is 5.78 Å². The number of hydrogen-bond donors (Lipinski definition) is 0. The lowest BCUT2D eigenvalue weighted by atomic mass is 10.0. The lowest BCUT2D eigenvalue weighted by Gasteiger charge is -2.07. The Morgan fingerprint density at radius 2 is 1.92 bits per heavy atom. The Morgan fingerprint density at radius 3 is 2.33 bits per heavy atom. The van der Waals surface area contributed by atoms with Crippen LogP contribution in [0.2, 0.25) is 0 Å². The molecule has 0 heterocycles. The van der Waals surface area contributed by atoms with Gasteiger partial charge in [0.2, 0.25) is 0 Å². The van der Waals surface area contributed by atoms with E-state index in [2.05, 4.69) is 4.74 Å². The molecule has 0 aliphatic rings. The number of rotatable bonds is 5. The minimum Gasteiger partial charge on any atom is -0.469 e. The summed E-state index contributed by atoms with van der Waals surface area (Å²) in [6.45, 7) is 3.71. The van der Waals surface area contributed by atoms with Gasteiger partial charge in [0.05, 0.1) is 7.11 Å². The molecule has 1 atom stereocenters. The van der Waals surface area contributed by atoms with Gasteiger partial charge in [0.25, 0.3) is 0 Å². The SMILES string of the molecule is CCC(=O)CC(C)CC(=O)OC. The first-order valence-electron chi connectivity index (χ1n) is 4.18. The van der Waals surface area contributed by atoms with Crippen molar-refractivity contribution in [2.45, 2.75) is 33.1 Å². The Labute approximate surface area is 73.1 Å². The van der Waals surface area contributed by atoms with Crippen molar-refractivity contribution in [3.63, 3.8) is 0 Å². The van der Waals surface area contributed by atoms with Gasteiger partial charge in [-0.1, -0.05) is 13.8 Å². The van der Waals surface area contributed by atoms with Gasteiger partial charge in [-0.15, -0.1) is 0 Å². The standard InChI is InChI=1S/C9H16O3/c1-4-8(10)5-7(2)6-9(11)12-3/h7H,4-6H2,1-3H3. The van der Waals surface area contributed by atoms with Crippen molar-refractivity contribution in [1.82, 2.24) is 0 Å². The maximum Gasteiger partial charge on any atom is 0.305 e. The predicted octanol–water partition coefficient (Wildman–Crippen LogP) is 1.55. The lowest BCUT2D eigenvalue weighted by Crippen LogP contribution is -2.10. The van der Waals surface area contributed by atoms with Crippen LogP contribution in [0.25, 0.3) is 0 Å². The molecule has 0 saturated heterocycles. The molecule has 0 aliphatic heterocycles. The zero-order chi connectivity index (χ0) is 9.56. The average Bonchev–Trinajstić information content (AvgIpc) is 2.03. The summed E-state index contributed by atoms with van der Waals surface area (Å²) < 4.78 is 4.49. The van der Waals surface area contributed by atoms with E-state index < -0.39 is 0 Å². The molecule has 0 N–H and O–H groups in total. The molecule has 70 valence electrons. The molecule has 0 radical (unpaired) electrons. The number of methoxy groups -OCH3 is 1. The molecule has 12 heavy (non-hydrogen) atoms. The highest BCUT2D eigenvalue weighted by molar-refractivity contribution is 5.79. The van der Waals surface area contributed by atoms with Crippen LogP contribution in [0.5, 0.6) is 0 Å². The van der Waals surface area contributed by atoms with E-state index in [0.717, 1.165) is 0 Å². The molecule has 0 aliphatic carbocycles. The Balaban J connectivity index is 3.66. The molecule has 0 aromatic rings. The molecular formula is C9H16O3. The van der Waals surface area contributed by atoms with Crippen molar-refractivity contribution in [3.8, 4) is 0 Å². The van der Waals surface area contributed by atoms with Crippen LogP contribution in [0.4, 0.5) is 0 Å². The number of Topliss-reactive ketones (excluding diaryl/α,β-unsaturated/α-hetero) is 1.